The SMILES string of the molecule is CC1CCCN1c1cc(F)c(Cl)cc1N. The van der Waals surface area contributed by atoms with E-state index in [0.717, 1.165) is 25.1 Å². The van der Waals surface area contributed by atoms with Crippen molar-refractivity contribution in [1.29, 1.82) is 0 Å². The van der Waals surface area contributed by atoms with Crippen LogP contribution < -0.4 is 10.6 Å². The molecule has 0 aliphatic carbocycles. The van der Waals surface area contributed by atoms with E-state index >= 15 is 0 Å². The maximum atomic E-state index is 13.3. The van der Waals surface area contributed by atoms with Crippen LogP contribution in [0.2, 0.25) is 5.02 Å². The third-order valence-corrected chi connectivity index (χ3v) is 3.22. The molecule has 0 spiro atoms. The second-order valence-corrected chi connectivity index (χ2v) is 4.42. The normalized spacial score (nSPS) is 21.0. The third-order valence-electron chi connectivity index (χ3n) is 2.93. The van der Waals surface area contributed by atoms with E-state index in [1.165, 1.54) is 12.1 Å². The van der Waals surface area contributed by atoms with Crippen LogP contribution in [0.25, 0.3) is 0 Å². The molecule has 1 aromatic rings. The number of anilines is 2. The molecule has 1 aromatic carbocycles. The van der Waals surface area contributed by atoms with E-state index in [4.69, 9.17) is 17.3 Å². The Hall–Kier alpha value is -0.960. The highest BCUT2D eigenvalue weighted by Crippen LogP contribution is 2.33. The van der Waals surface area contributed by atoms with Crippen molar-refractivity contribution in [2.75, 3.05) is 17.2 Å². The van der Waals surface area contributed by atoms with Gasteiger partial charge in [0.2, 0.25) is 0 Å². The Labute approximate surface area is 93.8 Å². The van der Waals surface area contributed by atoms with Crippen LogP contribution in [0.15, 0.2) is 12.1 Å². The molecular formula is C11H14ClFN2. The van der Waals surface area contributed by atoms with Crippen LogP contribution in [-0.4, -0.2) is 12.6 Å². The fraction of sp³-hybridized carbons (Fsp3) is 0.455. The Morgan fingerprint density at radius 2 is 2.27 bits per heavy atom. The lowest BCUT2D eigenvalue weighted by molar-refractivity contribution is 0.626. The summed E-state index contributed by atoms with van der Waals surface area (Å²) >= 11 is 5.66. The van der Waals surface area contributed by atoms with E-state index < -0.39 is 5.82 Å². The maximum Gasteiger partial charge on any atom is 0.144 e. The minimum absolute atomic E-state index is 0.0862. The van der Waals surface area contributed by atoms with Gasteiger partial charge in [-0.05, 0) is 25.8 Å². The van der Waals surface area contributed by atoms with Crippen molar-refractivity contribution < 1.29 is 4.39 Å². The standard InChI is InChI=1S/C11H14ClFN2/c1-7-3-2-4-15(7)11-6-9(13)8(12)5-10(11)14/h5-7H,2-4,14H2,1H3. The molecule has 0 radical (unpaired) electrons. The van der Waals surface area contributed by atoms with Crippen LogP contribution in [0.3, 0.4) is 0 Å². The predicted molar refractivity (Wildman–Crippen MR) is 61.9 cm³/mol. The molecule has 15 heavy (non-hydrogen) atoms. The van der Waals surface area contributed by atoms with Crippen LogP contribution >= 0.6 is 11.6 Å². The molecule has 1 atom stereocenters. The Morgan fingerprint density at radius 1 is 1.53 bits per heavy atom. The molecule has 0 amide bonds. The summed E-state index contributed by atoms with van der Waals surface area (Å²) in [5, 5.41) is 0.0862. The largest absolute Gasteiger partial charge is 0.397 e. The van der Waals surface area contributed by atoms with Gasteiger partial charge in [0.15, 0.2) is 0 Å². The zero-order valence-corrected chi connectivity index (χ0v) is 9.39. The van der Waals surface area contributed by atoms with Crippen molar-refractivity contribution >= 4 is 23.0 Å². The molecule has 1 saturated heterocycles. The summed E-state index contributed by atoms with van der Waals surface area (Å²) in [7, 11) is 0. The monoisotopic (exact) mass is 228 g/mol. The Bertz CT molecular complexity index is 381. The van der Waals surface area contributed by atoms with Gasteiger partial charge < -0.3 is 10.6 Å². The molecule has 0 saturated carbocycles. The smallest absolute Gasteiger partial charge is 0.144 e. The van der Waals surface area contributed by atoms with Crippen molar-refractivity contribution in [3.8, 4) is 0 Å². The van der Waals surface area contributed by atoms with E-state index in [1.54, 1.807) is 0 Å². The highest BCUT2D eigenvalue weighted by atomic mass is 35.5. The lowest BCUT2D eigenvalue weighted by Crippen LogP contribution is -2.27. The van der Waals surface area contributed by atoms with Crippen molar-refractivity contribution in [3.05, 3.63) is 23.0 Å². The molecule has 0 bridgehead atoms. The van der Waals surface area contributed by atoms with E-state index in [9.17, 15) is 4.39 Å². The maximum absolute atomic E-state index is 13.3. The molecule has 2 N–H and O–H groups in total. The third kappa shape index (κ3) is 1.88. The molecule has 1 heterocycles. The molecule has 1 fully saturated rings. The van der Waals surface area contributed by atoms with Gasteiger partial charge in [-0.2, -0.15) is 0 Å². The molecular weight excluding hydrogens is 215 g/mol. The number of hydrogen-bond acceptors (Lipinski definition) is 2. The zero-order chi connectivity index (χ0) is 11.0. The number of hydrogen-bond donors (Lipinski definition) is 1. The topological polar surface area (TPSA) is 29.3 Å². The van der Waals surface area contributed by atoms with Crippen LogP contribution in [0, 0.1) is 5.82 Å². The summed E-state index contributed by atoms with van der Waals surface area (Å²) in [5.74, 6) is -0.403. The van der Waals surface area contributed by atoms with Gasteiger partial charge in [0.1, 0.15) is 5.82 Å². The lowest BCUT2D eigenvalue weighted by Gasteiger charge is -2.25. The minimum Gasteiger partial charge on any atom is -0.397 e. The molecule has 1 aliphatic heterocycles. The molecule has 1 unspecified atom stereocenters. The number of nitrogens with two attached hydrogens (primary N) is 1. The van der Waals surface area contributed by atoms with E-state index in [2.05, 4.69) is 11.8 Å². The van der Waals surface area contributed by atoms with Gasteiger partial charge in [0, 0.05) is 18.7 Å². The first-order valence-electron chi connectivity index (χ1n) is 5.10. The number of nitrogen functional groups attached to an aromatic ring is 1. The summed E-state index contributed by atoms with van der Waals surface area (Å²) in [6.45, 7) is 3.06. The number of nitrogens with zero attached hydrogens (tertiary/aromatic N) is 1. The summed E-state index contributed by atoms with van der Waals surface area (Å²) < 4.78 is 13.3. The van der Waals surface area contributed by atoms with Gasteiger partial charge in [0.25, 0.3) is 0 Å². The summed E-state index contributed by atoms with van der Waals surface area (Å²) in [5.41, 5.74) is 7.16. The Balaban J connectivity index is 2.39. The van der Waals surface area contributed by atoms with Crippen molar-refractivity contribution in [1.82, 2.24) is 0 Å². The van der Waals surface area contributed by atoms with Gasteiger partial charge >= 0.3 is 0 Å². The Kier molecular flexibility index (Phi) is 2.74. The second-order valence-electron chi connectivity index (χ2n) is 4.01. The van der Waals surface area contributed by atoms with Gasteiger partial charge in [0.05, 0.1) is 16.4 Å². The van der Waals surface area contributed by atoms with E-state index in [-0.39, 0.29) is 5.02 Å². The van der Waals surface area contributed by atoms with Crippen LogP contribution in [0.1, 0.15) is 19.8 Å². The number of benzene rings is 1. The van der Waals surface area contributed by atoms with Gasteiger partial charge in [-0.1, -0.05) is 11.6 Å². The first-order chi connectivity index (χ1) is 7.09. The van der Waals surface area contributed by atoms with Gasteiger partial charge in [-0.15, -0.1) is 0 Å². The Morgan fingerprint density at radius 3 is 2.87 bits per heavy atom. The average Bonchev–Trinajstić information content (AvgIpc) is 2.58. The van der Waals surface area contributed by atoms with Crippen molar-refractivity contribution in [2.24, 2.45) is 0 Å². The highest BCUT2D eigenvalue weighted by molar-refractivity contribution is 6.31. The second kappa shape index (κ2) is 3.89. The summed E-state index contributed by atoms with van der Waals surface area (Å²) in [6.07, 6.45) is 2.26. The predicted octanol–water partition coefficient (Wildman–Crippen LogP) is 3.05. The first kappa shape index (κ1) is 10.6. The van der Waals surface area contributed by atoms with Crippen molar-refractivity contribution in [3.63, 3.8) is 0 Å². The highest BCUT2D eigenvalue weighted by Gasteiger charge is 2.23. The fourth-order valence-corrected chi connectivity index (χ4v) is 2.26. The average molecular weight is 229 g/mol. The van der Waals surface area contributed by atoms with E-state index in [0.29, 0.717) is 11.7 Å². The lowest BCUT2D eigenvalue weighted by atomic mass is 10.2. The fourth-order valence-electron chi connectivity index (χ4n) is 2.09. The molecule has 2 rings (SSSR count). The molecule has 2 nitrogen and oxygen atoms in total. The summed E-state index contributed by atoms with van der Waals surface area (Å²) in [4.78, 5) is 2.13. The zero-order valence-electron chi connectivity index (χ0n) is 8.63. The van der Waals surface area contributed by atoms with E-state index in [1.807, 2.05) is 0 Å². The van der Waals surface area contributed by atoms with Crippen LogP contribution in [-0.2, 0) is 0 Å². The van der Waals surface area contributed by atoms with Crippen LogP contribution in [0.5, 0.6) is 0 Å². The first-order valence-corrected chi connectivity index (χ1v) is 5.48. The molecule has 1 aliphatic rings. The minimum atomic E-state index is -0.403. The van der Waals surface area contributed by atoms with Gasteiger partial charge in [-0.3, -0.25) is 0 Å². The van der Waals surface area contributed by atoms with Crippen LogP contribution in [0.4, 0.5) is 15.8 Å². The summed E-state index contributed by atoms with van der Waals surface area (Å²) in [6, 6.07) is 3.34. The molecule has 4 heteroatoms. The number of halogens is 2. The quantitative estimate of drug-likeness (QED) is 0.749. The van der Waals surface area contributed by atoms with Gasteiger partial charge in [-0.25, -0.2) is 4.39 Å². The molecule has 82 valence electrons. The molecule has 0 aromatic heterocycles. The number of rotatable bonds is 1. The van der Waals surface area contributed by atoms with Crippen molar-refractivity contribution in [2.45, 2.75) is 25.8 Å².